The average molecular weight is 289 g/mol. The zero-order chi connectivity index (χ0) is 15.5. The maximum Gasteiger partial charge on any atom is 0.272 e. The first kappa shape index (κ1) is 15.6. The second kappa shape index (κ2) is 6.35. The molecule has 1 aromatic rings. The highest BCUT2D eigenvalue weighted by Crippen LogP contribution is 2.16. The van der Waals surface area contributed by atoms with Crippen LogP contribution in [-0.2, 0) is 4.79 Å². The number of carbonyl (C=O) groups is 2. The largest absolute Gasteiger partial charge is 0.335 e. The summed E-state index contributed by atoms with van der Waals surface area (Å²) in [6.45, 7) is 9.05. The number of piperazine rings is 1. The van der Waals surface area contributed by atoms with Crippen molar-refractivity contribution in [2.45, 2.75) is 20.8 Å². The molecule has 1 aliphatic rings. The Morgan fingerprint density at radius 1 is 1.14 bits per heavy atom. The standard InChI is InChI=1S/C16H23N3O2/c1-16(2,3)14(20)12-18-8-10-19(11-9-18)15(21)13-6-4-5-7-17-13/h4-7H,8-12H2,1-3H3. The fraction of sp³-hybridized carbons (Fsp3) is 0.562. The molecule has 1 aliphatic heterocycles. The lowest BCUT2D eigenvalue weighted by Crippen LogP contribution is -2.51. The monoisotopic (exact) mass is 289 g/mol. The predicted molar refractivity (Wildman–Crippen MR) is 81.0 cm³/mol. The predicted octanol–water partition coefficient (Wildman–Crippen LogP) is 1.45. The van der Waals surface area contributed by atoms with Crippen molar-refractivity contribution in [3.63, 3.8) is 0 Å². The molecular formula is C16H23N3O2. The zero-order valence-corrected chi connectivity index (χ0v) is 13.0. The molecule has 114 valence electrons. The maximum atomic E-state index is 12.3. The highest BCUT2D eigenvalue weighted by atomic mass is 16.2. The fourth-order valence-electron chi connectivity index (χ4n) is 2.20. The van der Waals surface area contributed by atoms with Gasteiger partial charge in [0.05, 0.1) is 6.54 Å². The quantitative estimate of drug-likeness (QED) is 0.845. The van der Waals surface area contributed by atoms with E-state index in [1.165, 1.54) is 0 Å². The molecule has 2 heterocycles. The number of ketones is 1. The Morgan fingerprint density at radius 3 is 2.33 bits per heavy atom. The molecular weight excluding hydrogens is 266 g/mol. The number of hydrogen-bond donors (Lipinski definition) is 0. The van der Waals surface area contributed by atoms with Crippen LogP contribution in [0.25, 0.3) is 0 Å². The molecule has 5 heteroatoms. The van der Waals surface area contributed by atoms with Crippen LogP contribution in [0.4, 0.5) is 0 Å². The zero-order valence-electron chi connectivity index (χ0n) is 13.0. The minimum Gasteiger partial charge on any atom is -0.335 e. The molecule has 1 fully saturated rings. The molecule has 5 nitrogen and oxygen atoms in total. The van der Waals surface area contributed by atoms with Gasteiger partial charge in [0.25, 0.3) is 5.91 Å². The normalized spacial score (nSPS) is 16.8. The molecule has 0 radical (unpaired) electrons. The maximum absolute atomic E-state index is 12.3. The lowest BCUT2D eigenvalue weighted by Gasteiger charge is -2.35. The van der Waals surface area contributed by atoms with Crippen LogP contribution in [0.15, 0.2) is 24.4 Å². The van der Waals surface area contributed by atoms with Gasteiger partial charge in [-0.3, -0.25) is 19.5 Å². The number of rotatable bonds is 3. The molecule has 0 atom stereocenters. The van der Waals surface area contributed by atoms with Gasteiger partial charge in [-0.25, -0.2) is 0 Å². The first-order chi connectivity index (χ1) is 9.88. The lowest BCUT2D eigenvalue weighted by molar-refractivity contribution is -0.127. The molecule has 0 aromatic carbocycles. The van der Waals surface area contributed by atoms with E-state index in [2.05, 4.69) is 9.88 Å². The van der Waals surface area contributed by atoms with Gasteiger partial charge in [-0.05, 0) is 12.1 Å². The molecule has 0 bridgehead atoms. The van der Waals surface area contributed by atoms with Crippen molar-refractivity contribution in [2.24, 2.45) is 5.41 Å². The summed E-state index contributed by atoms with van der Waals surface area (Å²) >= 11 is 0. The number of aromatic nitrogens is 1. The van der Waals surface area contributed by atoms with Gasteiger partial charge in [-0.1, -0.05) is 26.8 Å². The molecule has 1 amide bonds. The van der Waals surface area contributed by atoms with E-state index in [0.717, 1.165) is 13.1 Å². The Labute approximate surface area is 126 Å². The molecule has 2 rings (SSSR count). The van der Waals surface area contributed by atoms with E-state index in [1.54, 1.807) is 23.2 Å². The van der Waals surface area contributed by atoms with Crippen LogP contribution in [-0.4, -0.2) is 59.2 Å². The van der Waals surface area contributed by atoms with Crippen molar-refractivity contribution < 1.29 is 9.59 Å². The third-order valence-electron chi connectivity index (χ3n) is 3.75. The number of carbonyl (C=O) groups excluding carboxylic acids is 2. The average Bonchev–Trinajstić information content (AvgIpc) is 2.47. The summed E-state index contributed by atoms with van der Waals surface area (Å²) in [5, 5.41) is 0. The topological polar surface area (TPSA) is 53.5 Å². The lowest BCUT2D eigenvalue weighted by atomic mass is 9.90. The second-order valence-electron chi connectivity index (χ2n) is 6.46. The minimum absolute atomic E-state index is 0.0302. The second-order valence-corrected chi connectivity index (χ2v) is 6.46. The first-order valence-corrected chi connectivity index (χ1v) is 7.34. The summed E-state index contributed by atoms with van der Waals surface area (Å²) in [4.78, 5) is 32.3. The van der Waals surface area contributed by atoms with Crippen molar-refractivity contribution in [1.29, 1.82) is 0 Å². The number of Topliss-reactive ketones (excluding diaryl/α,β-unsaturated/α-hetero) is 1. The molecule has 0 saturated carbocycles. The van der Waals surface area contributed by atoms with E-state index >= 15 is 0 Å². The van der Waals surface area contributed by atoms with Gasteiger partial charge < -0.3 is 4.90 Å². The number of pyridine rings is 1. The third-order valence-corrected chi connectivity index (χ3v) is 3.75. The molecule has 0 unspecified atom stereocenters. The molecule has 1 aromatic heterocycles. The van der Waals surface area contributed by atoms with E-state index in [0.29, 0.717) is 25.3 Å². The van der Waals surface area contributed by atoms with E-state index in [1.807, 2.05) is 26.8 Å². The van der Waals surface area contributed by atoms with E-state index in [9.17, 15) is 9.59 Å². The van der Waals surface area contributed by atoms with Crippen molar-refractivity contribution in [3.8, 4) is 0 Å². The summed E-state index contributed by atoms with van der Waals surface area (Å²) in [5.41, 5.74) is 0.178. The Hall–Kier alpha value is -1.75. The summed E-state index contributed by atoms with van der Waals surface area (Å²) in [5.74, 6) is 0.212. The first-order valence-electron chi connectivity index (χ1n) is 7.34. The molecule has 1 saturated heterocycles. The van der Waals surface area contributed by atoms with Crippen molar-refractivity contribution in [1.82, 2.24) is 14.8 Å². The van der Waals surface area contributed by atoms with Crippen LogP contribution in [0.2, 0.25) is 0 Å². The smallest absolute Gasteiger partial charge is 0.272 e. The van der Waals surface area contributed by atoms with Crippen LogP contribution < -0.4 is 0 Å². The van der Waals surface area contributed by atoms with Gasteiger partial charge in [-0.15, -0.1) is 0 Å². The fourth-order valence-corrected chi connectivity index (χ4v) is 2.20. The Bertz CT molecular complexity index is 500. The van der Waals surface area contributed by atoms with Gasteiger partial charge >= 0.3 is 0 Å². The molecule has 21 heavy (non-hydrogen) atoms. The highest BCUT2D eigenvalue weighted by Gasteiger charge is 2.27. The number of hydrogen-bond acceptors (Lipinski definition) is 4. The number of nitrogens with zero attached hydrogens (tertiary/aromatic N) is 3. The van der Waals surface area contributed by atoms with Crippen molar-refractivity contribution >= 4 is 11.7 Å². The molecule has 0 N–H and O–H groups in total. The van der Waals surface area contributed by atoms with Crippen LogP contribution in [0, 0.1) is 5.41 Å². The minimum atomic E-state index is -0.305. The summed E-state index contributed by atoms with van der Waals surface area (Å²) < 4.78 is 0. The van der Waals surface area contributed by atoms with Gasteiger partial charge in [-0.2, -0.15) is 0 Å². The SMILES string of the molecule is CC(C)(C)C(=O)CN1CCN(C(=O)c2ccccn2)CC1. The summed E-state index contributed by atoms with van der Waals surface area (Å²) in [6.07, 6.45) is 1.63. The Kier molecular flexibility index (Phi) is 4.73. The van der Waals surface area contributed by atoms with Crippen molar-refractivity contribution in [2.75, 3.05) is 32.7 Å². The third kappa shape index (κ3) is 4.11. The van der Waals surface area contributed by atoms with Gasteiger partial charge in [0.2, 0.25) is 0 Å². The summed E-state index contributed by atoms with van der Waals surface area (Å²) in [7, 11) is 0. The molecule has 0 spiro atoms. The van der Waals surface area contributed by atoms with Gasteiger partial charge in [0.15, 0.2) is 5.78 Å². The van der Waals surface area contributed by atoms with Crippen LogP contribution in [0.3, 0.4) is 0 Å². The Balaban J connectivity index is 1.86. The molecule has 0 aliphatic carbocycles. The highest BCUT2D eigenvalue weighted by molar-refractivity contribution is 5.92. The van der Waals surface area contributed by atoms with Gasteiger partial charge in [0, 0.05) is 37.8 Å². The van der Waals surface area contributed by atoms with Crippen LogP contribution >= 0.6 is 0 Å². The van der Waals surface area contributed by atoms with Crippen LogP contribution in [0.5, 0.6) is 0 Å². The Morgan fingerprint density at radius 2 is 1.81 bits per heavy atom. The van der Waals surface area contributed by atoms with E-state index in [4.69, 9.17) is 0 Å². The number of amides is 1. The van der Waals surface area contributed by atoms with E-state index < -0.39 is 0 Å². The van der Waals surface area contributed by atoms with Crippen molar-refractivity contribution in [3.05, 3.63) is 30.1 Å². The summed E-state index contributed by atoms with van der Waals surface area (Å²) in [6, 6.07) is 5.35. The van der Waals surface area contributed by atoms with E-state index in [-0.39, 0.29) is 17.1 Å². The van der Waals surface area contributed by atoms with Crippen LogP contribution in [0.1, 0.15) is 31.3 Å². The van der Waals surface area contributed by atoms with Gasteiger partial charge in [0.1, 0.15) is 5.69 Å².